The molecule has 32 heavy (non-hydrogen) atoms. The van der Waals surface area contributed by atoms with E-state index in [2.05, 4.69) is 34.4 Å². The topological polar surface area (TPSA) is 96.2 Å². The van der Waals surface area contributed by atoms with Gasteiger partial charge in [0, 0.05) is 24.8 Å². The van der Waals surface area contributed by atoms with Crippen LogP contribution < -0.4 is 10.6 Å². The molecule has 7 nitrogen and oxygen atoms in total. The Morgan fingerprint density at radius 3 is 2.50 bits per heavy atom. The van der Waals surface area contributed by atoms with Crippen molar-refractivity contribution in [2.75, 3.05) is 11.9 Å². The molecule has 168 valence electrons. The first-order valence-electron chi connectivity index (χ1n) is 11.3. The number of carboxylic acids is 1. The molecule has 0 saturated heterocycles. The number of nitrogens with zero attached hydrogens (tertiary/aromatic N) is 2. The number of nitrogens with one attached hydrogen (secondary N) is 2. The molecule has 1 heterocycles. The van der Waals surface area contributed by atoms with Crippen LogP contribution in [0.1, 0.15) is 60.7 Å². The molecule has 1 aliphatic rings. The van der Waals surface area contributed by atoms with Crippen LogP contribution in [0.3, 0.4) is 0 Å². The Hall–Kier alpha value is -3.35. The van der Waals surface area contributed by atoms with E-state index in [1.807, 2.05) is 24.3 Å². The van der Waals surface area contributed by atoms with Crippen LogP contribution in [0.25, 0.3) is 11.0 Å². The lowest BCUT2D eigenvalue weighted by molar-refractivity contribution is -0.136. The number of fused-ring (bicyclic) bond motifs is 1. The number of para-hydroxylation sites is 2. The van der Waals surface area contributed by atoms with Crippen LogP contribution in [0.2, 0.25) is 0 Å². The number of carbonyl (C=O) groups excluding carboxylic acids is 1. The molecule has 1 atom stereocenters. The standard InChI is InChI=1S/C25H30N4O3/c1-29-21-10-6-5-9-20(21)28-24(29)23(17-7-3-2-4-8-17)27-19-13-11-18(12-14-19)25(32)26-16-15-22(30)31/h5-6,9-14,17,23,27H,2-4,7-8,15-16H2,1H3,(H,26,32)(H,30,31). The van der Waals surface area contributed by atoms with Gasteiger partial charge in [-0.05, 0) is 55.2 Å². The number of carbonyl (C=O) groups is 2. The van der Waals surface area contributed by atoms with Crippen molar-refractivity contribution in [2.45, 2.75) is 44.6 Å². The van der Waals surface area contributed by atoms with E-state index in [4.69, 9.17) is 10.1 Å². The van der Waals surface area contributed by atoms with Gasteiger partial charge in [0.1, 0.15) is 5.82 Å². The number of aliphatic carboxylic acids is 1. The molecule has 4 rings (SSSR count). The maximum Gasteiger partial charge on any atom is 0.305 e. The van der Waals surface area contributed by atoms with Crippen LogP contribution in [0.4, 0.5) is 5.69 Å². The number of amides is 1. The van der Waals surface area contributed by atoms with Crippen molar-refractivity contribution < 1.29 is 14.7 Å². The fourth-order valence-electron chi connectivity index (χ4n) is 4.59. The van der Waals surface area contributed by atoms with Crippen molar-refractivity contribution in [1.82, 2.24) is 14.9 Å². The van der Waals surface area contributed by atoms with E-state index in [1.54, 1.807) is 12.1 Å². The molecular formula is C25H30N4O3. The monoisotopic (exact) mass is 434 g/mol. The normalized spacial score (nSPS) is 15.4. The van der Waals surface area contributed by atoms with Gasteiger partial charge in [-0.2, -0.15) is 0 Å². The van der Waals surface area contributed by atoms with Gasteiger partial charge in [0.05, 0.1) is 23.5 Å². The predicted molar refractivity (Wildman–Crippen MR) is 125 cm³/mol. The van der Waals surface area contributed by atoms with E-state index < -0.39 is 5.97 Å². The third-order valence-electron chi connectivity index (χ3n) is 6.31. The van der Waals surface area contributed by atoms with Crippen molar-refractivity contribution in [1.29, 1.82) is 0 Å². The van der Waals surface area contributed by atoms with Crippen LogP contribution in [0.15, 0.2) is 48.5 Å². The fraction of sp³-hybridized carbons (Fsp3) is 0.400. The summed E-state index contributed by atoms with van der Waals surface area (Å²) in [5, 5.41) is 15.1. The smallest absolute Gasteiger partial charge is 0.305 e. The Morgan fingerprint density at radius 2 is 1.81 bits per heavy atom. The number of anilines is 1. The highest BCUT2D eigenvalue weighted by molar-refractivity contribution is 5.94. The van der Waals surface area contributed by atoms with Crippen molar-refractivity contribution in [3.8, 4) is 0 Å². The zero-order valence-electron chi connectivity index (χ0n) is 18.4. The number of hydrogen-bond donors (Lipinski definition) is 3. The molecule has 0 spiro atoms. The third-order valence-corrected chi connectivity index (χ3v) is 6.31. The summed E-state index contributed by atoms with van der Waals surface area (Å²) in [7, 11) is 2.08. The Morgan fingerprint density at radius 1 is 1.09 bits per heavy atom. The van der Waals surface area contributed by atoms with E-state index in [0.29, 0.717) is 11.5 Å². The Labute approximate surface area is 187 Å². The number of aromatic nitrogens is 2. The van der Waals surface area contributed by atoms with Gasteiger partial charge >= 0.3 is 5.97 Å². The minimum atomic E-state index is -0.930. The molecule has 1 unspecified atom stereocenters. The van der Waals surface area contributed by atoms with E-state index in [-0.39, 0.29) is 24.9 Å². The average molecular weight is 435 g/mol. The number of rotatable bonds is 8. The minimum absolute atomic E-state index is 0.0861. The summed E-state index contributed by atoms with van der Waals surface area (Å²) in [5.41, 5.74) is 3.58. The van der Waals surface area contributed by atoms with Gasteiger partial charge in [-0.15, -0.1) is 0 Å². The van der Waals surface area contributed by atoms with Crippen molar-refractivity contribution in [3.05, 3.63) is 59.9 Å². The SMILES string of the molecule is Cn1c(C(Nc2ccc(C(=O)NCCC(=O)O)cc2)C2CCCCC2)nc2ccccc21. The molecule has 2 aromatic carbocycles. The van der Waals surface area contributed by atoms with Crippen LogP contribution in [0.5, 0.6) is 0 Å². The van der Waals surface area contributed by atoms with Gasteiger partial charge in [-0.3, -0.25) is 9.59 Å². The molecule has 0 bridgehead atoms. The molecule has 1 saturated carbocycles. The number of aryl methyl sites for hydroxylation is 1. The first-order valence-corrected chi connectivity index (χ1v) is 11.3. The van der Waals surface area contributed by atoms with Gasteiger partial charge in [0.25, 0.3) is 5.91 Å². The van der Waals surface area contributed by atoms with Gasteiger partial charge < -0.3 is 20.3 Å². The molecule has 0 aliphatic heterocycles. The van der Waals surface area contributed by atoms with Gasteiger partial charge in [0.2, 0.25) is 0 Å². The van der Waals surface area contributed by atoms with Crippen LogP contribution in [-0.2, 0) is 11.8 Å². The Bertz CT molecular complexity index is 1080. The average Bonchev–Trinajstić information content (AvgIpc) is 3.14. The number of benzene rings is 2. The second-order valence-electron chi connectivity index (χ2n) is 8.51. The summed E-state index contributed by atoms with van der Waals surface area (Å²) < 4.78 is 2.19. The molecule has 3 aromatic rings. The van der Waals surface area contributed by atoms with Crippen LogP contribution in [-0.4, -0.2) is 33.1 Å². The number of carboxylic acid groups (broad SMARTS) is 1. The van der Waals surface area contributed by atoms with Gasteiger partial charge in [-0.1, -0.05) is 31.4 Å². The first kappa shape index (κ1) is 21.9. The summed E-state index contributed by atoms with van der Waals surface area (Å²) in [4.78, 5) is 27.8. The zero-order chi connectivity index (χ0) is 22.5. The summed E-state index contributed by atoms with van der Waals surface area (Å²) in [5.74, 6) is 0.337. The lowest BCUT2D eigenvalue weighted by atomic mass is 9.83. The Kier molecular flexibility index (Phi) is 6.73. The largest absolute Gasteiger partial charge is 0.481 e. The maximum absolute atomic E-state index is 12.2. The highest BCUT2D eigenvalue weighted by atomic mass is 16.4. The molecule has 3 N–H and O–H groups in total. The van der Waals surface area contributed by atoms with Crippen LogP contribution >= 0.6 is 0 Å². The maximum atomic E-state index is 12.2. The molecular weight excluding hydrogens is 404 g/mol. The van der Waals surface area contributed by atoms with E-state index in [0.717, 1.165) is 22.5 Å². The second-order valence-corrected chi connectivity index (χ2v) is 8.51. The van der Waals surface area contributed by atoms with Crippen molar-refractivity contribution >= 4 is 28.6 Å². The summed E-state index contributed by atoms with van der Waals surface area (Å²) in [6.07, 6.45) is 6.02. The molecule has 1 amide bonds. The summed E-state index contributed by atoms with van der Waals surface area (Å²) >= 11 is 0. The Balaban J connectivity index is 1.54. The molecule has 7 heteroatoms. The van der Waals surface area contributed by atoms with E-state index in [1.165, 1.54) is 32.1 Å². The van der Waals surface area contributed by atoms with E-state index in [9.17, 15) is 9.59 Å². The van der Waals surface area contributed by atoms with E-state index >= 15 is 0 Å². The lowest BCUT2D eigenvalue weighted by Crippen LogP contribution is -2.26. The van der Waals surface area contributed by atoms with Gasteiger partial charge in [-0.25, -0.2) is 4.98 Å². The van der Waals surface area contributed by atoms with Crippen molar-refractivity contribution in [2.24, 2.45) is 13.0 Å². The zero-order valence-corrected chi connectivity index (χ0v) is 18.4. The molecule has 1 aromatic heterocycles. The van der Waals surface area contributed by atoms with Crippen molar-refractivity contribution in [3.63, 3.8) is 0 Å². The molecule has 1 fully saturated rings. The minimum Gasteiger partial charge on any atom is -0.481 e. The summed E-state index contributed by atoms with van der Waals surface area (Å²) in [6.45, 7) is 0.116. The quantitative estimate of drug-likeness (QED) is 0.485. The van der Waals surface area contributed by atoms with Crippen LogP contribution in [0, 0.1) is 5.92 Å². The highest BCUT2D eigenvalue weighted by Crippen LogP contribution is 2.37. The first-order chi connectivity index (χ1) is 15.5. The number of hydrogen-bond acceptors (Lipinski definition) is 4. The fourth-order valence-corrected chi connectivity index (χ4v) is 4.59. The molecule has 0 radical (unpaired) electrons. The lowest BCUT2D eigenvalue weighted by Gasteiger charge is -2.31. The second kappa shape index (κ2) is 9.85. The number of imidazole rings is 1. The molecule has 1 aliphatic carbocycles. The third kappa shape index (κ3) is 4.93. The summed E-state index contributed by atoms with van der Waals surface area (Å²) in [6, 6.07) is 15.6. The predicted octanol–water partition coefficient (Wildman–Crippen LogP) is 4.51. The highest BCUT2D eigenvalue weighted by Gasteiger charge is 2.29. The van der Waals surface area contributed by atoms with Gasteiger partial charge in [0.15, 0.2) is 0 Å².